The fraction of sp³-hybridized carbons (Fsp3) is 0.182. The van der Waals surface area contributed by atoms with E-state index in [0.717, 1.165) is 0 Å². The number of hydrogen-bond donors (Lipinski definition) is 1. The fourth-order valence-electron chi connectivity index (χ4n) is 1.24. The Morgan fingerprint density at radius 3 is 2.25 bits per heavy atom. The third-order valence-electron chi connectivity index (χ3n) is 1.99. The molecule has 0 spiro atoms. The second kappa shape index (κ2) is 5.68. The number of halogens is 4. The van der Waals surface area contributed by atoms with Crippen LogP contribution in [0.1, 0.15) is 16.8 Å². The number of carboxylic acids is 1. The highest BCUT2D eigenvalue weighted by molar-refractivity contribution is 6.37. The van der Waals surface area contributed by atoms with E-state index in [9.17, 15) is 31.9 Å². The molecule has 0 saturated carbocycles. The Morgan fingerprint density at radius 1 is 1.15 bits per heavy atom. The van der Waals surface area contributed by atoms with Crippen molar-refractivity contribution in [2.45, 2.75) is 12.8 Å². The Kier molecular flexibility index (Phi) is 4.43. The standard InChI is InChI=1S/C11H6F4O5/c12-6-1-5(8(16)4-9(17)10(18)19)2-7(3-6)20-11(13,14)15/h1-3H,4H2,(H,18,19). The maximum absolute atomic E-state index is 13.1. The number of carbonyl (C=O) groups is 3. The Labute approximate surface area is 108 Å². The molecule has 1 aromatic rings. The van der Waals surface area contributed by atoms with Crippen molar-refractivity contribution < 1.29 is 41.8 Å². The van der Waals surface area contributed by atoms with Crippen molar-refractivity contribution in [1.29, 1.82) is 0 Å². The van der Waals surface area contributed by atoms with Crippen LogP contribution in [-0.2, 0) is 9.59 Å². The smallest absolute Gasteiger partial charge is 0.475 e. The molecule has 0 unspecified atom stereocenters. The molecule has 0 amide bonds. The lowest BCUT2D eigenvalue weighted by molar-refractivity contribution is -0.274. The molecule has 1 N–H and O–H groups in total. The zero-order chi connectivity index (χ0) is 15.5. The van der Waals surface area contributed by atoms with Crippen LogP contribution in [0.4, 0.5) is 17.6 Å². The molecule has 20 heavy (non-hydrogen) atoms. The molecule has 0 heterocycles. The molecule has 0 aliphatic rings. The summed E-state index contributed by atoms with van der Waals surface area (Å²) in [6.07, 6.45) is -6.17. The van der Waals surface area contributed by atoms with Gasteiger partial charge in [0.05, 0.1) is 6.42 Å². The molecule has 0 bridgehead atoms. The molecule has 0 saturated heterocycles. The number of alkyl halides is 3. The van der Waals surface area contributed by atoms with Gasteiger partial charge >= 0.3 is 12.3 Å². The van der Waals surface area contributed by atoms with Gasteiger partial charge in [-0.15, -0.1) is 13.2 Å². The minimum absolute atomic E-state index is 0.392. The molecule has 0 fully saturated rings. The number of carboxylic acid groups (broad SMARTS) is 1. The summed E-state index contributed by atoms with van der Waals surface area (Å²) in [6.45, 7) is 0. The van der Waals surface area contributed by atoms with Crippen LogP contribution in [0, 0.1) is 5.82 Å². The first kappa shape index (κ1) is 15.6. The van der Waals surface area contributed by atoms with E-state index in [0.29, 0.717) is 18.2 Å². The second-order valence-electron chi connectivity index (χ2n) is 3.55. The Bertz CT molecular complexity index is 564. The largest absolute Gasteiger partial charge is 0.573 e. The minimum atomic E-state index is -5.08. The summed E-state index contributed by atoms with van der Waals surface area (Å²) < 4.78 is 52.4. The second-order valence-corrected chi connectivity index (χ2v) is 3.55. The van der Waals surface area contributed by atoms with Crippen LogP contribution < -0.4 is 4.74 Å². The van der Waals surface area contributed by atoms with E-state index < -0.39 is 47.4 Å². The van der Waals surface area contributed by atoms with Gasteiger partial charge in [0.25, 0.3) is 0 Å². The van der Waals surface area contributed by atoms with E-state index in [1.165, 1.54) is 0 Å². The number of ether oxygens (including phenoxy) is 1. The van der Waals surface area contributed by atoms with Crippen LogP contribution in [0.5, 0.6) is 5.75 Å². The molecule has 1 rings (SSSR count). The molecule has 1 aromatic carbocycles. The number of aliphatic carboxylic acids is 1. The predicted octanol–water partition coefficient (Wildman–Crippen LogP) is 1.95. The first-order valence-corrected chi connectivity index (χ1v) is 4.94. The first-order chi connectivity index (χ1) is 9.08. The molecule has 9 heteroatoms. The molecular weight excluding hydrogens is 288 g/mol. The van der Waals surface area contributed by atoms with Crippen molar-refractivity contribution >= 4 is 17.5 Å². The van der Waals surface area contributed by atoms with Crippen LogP contribution in [0.3, 0.4) is 0 Å². The van der Waals surface area contributed by atoms with Crippen molar-refractivity contribution in [3.05, 3.63) is 29.6 Å². The normalized spacial score (nSPS) is 11.0. The van der Waals surface area contributed by atoms with Gasteiger partial charge < -0.3 is 9.84 Å². The van der Waals surface area contributed by atoms with Gasteiger partial charge in [0.15, 0.2) is 5.78 Å². The van der Waals surface area contributed by atoms with Gasteiger partial charge in [-0.05, 0) is 12.1 Å². The topological polar surface area (TPSA) is 80.7 Å². The summed E-state index contributed by atoms with van der Waals surface area (Å²) in [6, 6.07) is 1.53. The average molecular weight is 294 g/mol. The average Bonchev–Trinajstić information content (AvgIpc) is 2.25. The van der Waals surface area contributed by atoms with Crippen molar-refractivity contribution in [2.75, 3.05) is 0 Å². The van der Waals surface area contributed by atoms with Crippen molar-refractivity contribution in [2.24, 2.45) is 0 Å². The highest BCUT2D eigenvalue weighted by Crippen LogP contribution is 2.25. The molecule has 0 aliphatic carbocycles. The molecule has 0 aliphatic heterocycles. The van der Waals surface area contributed by atoms with E-state index >= 15 is 0 Å². The minimum Gasteiger partial charge on any atom is -0.475 e. The van der Waals surface area contributed by atoms with Crippen molar-refractivity contribution in [3.8, 4) is 5.75 Å². The molecule has 108 valence electrons. The van der Waals surface area contributed by atoms with Crippen LogP contribution in [0.2, 0.25) is 0 Å². The van der Waals surface area contributed by atoms with Gasteiger partial charge in [0.1, 0.15) is 11.6 Å². The Balaban J connectivity index is 2.98. The zero-order valence-electron chi connectivity index (χ0n) is 9.53. The highest BCUT2D eigenvalue weighted by atomic mass is 19.4. The van der Waals surface area contributed by atoms with Gasteiger partial charge in [0, 0.05) is 11.6 Å². The Morgan fingerprint density at radius 2 is 1.75 bits per heavy atom. The summed E-state index contributed by atoms with van der Waals surface area (Å²) in [5.41, 5.74) is -0.598. The molecule has 0 atom stereocenters. The number of benzene rings is 1. The lowest BCUT2D eigenvalue weighted by Crippen LogP contribution is -2.19. The van der Waals surface area contributed by atoms with Gasteiger partial charge in [-0.1, -0.05) is 0 Å². The summed E-state index contributed by atoms with van der Waals surface area (Å²) in [5, 5.41) is 8.29. The molecule has 5 nitrogen and oxygen atoms in total. The quantitative estimate of drug-likeness (QED) is 0.388. The van der Waals surface area contributed by atoms with Crippen LogP contribution >= 0.6 is 0 Å². The lowest BCUT2D eigenvalue weighted by Gasteiger charge is -2.10. The van der Waals surface area contributed by atoms with Gasteiger partial charge in [-0.3, -0.25) is 9.59 Å². The van der Waals surface area contributed by atoms with Gasteiger partial charge in [-0.2, -0.15) is 0 Å². The van der Waals surface area contributed by atoms with Crippen LogP contribution in [0.15, 0.2) is 18.2 Å². The number of ketones is 2. The maximum Gasteiger partial charge on any atom is 0.573 e. The molecular formula is C11H6F4O5. The lowest BCUT2D eigenvalue weighted by atomic mass is 10.1. The molecule has 0 aromatic heterocycles. The zero-order valence-corrected chi connectivity index (χ0v) is 9.53. The van der Waals surface area contributed by atoms with Crippen molar-refractivity contribution in [3.63, 3.8) is 0 Å². The number of carbonyl (C=O) groups excluding carboxylic acids is 2. The van der Waals surface area contributed by atoms with E-state index in [-0.39, 0.29) is 0 Å². The summed E-state index contributed by atoms with van der Waals surface area (Å²) in [7, 11) is 0. The Hall–Kier alpha value is -2.45. The third-order valence-corrected chi connectivity index (χ3v) is 1.99. The number of hydrogen-bond acceptors (Lipinski definition) is 4. The van der Waals surface area contributed by atoms with E-state index in [1.54, 1.807) is 0 Å². The van der Waals surface area contributed by atoms with E-state index in [4.69, 9.17) is 5.11 Å². The summed E-state index contributed by atoms with van der Waals surface area (Å²) in [5.74, 6) is -6.65. The van der Waals surface area contributed by atoms with Crippen molar-refractivity contribution in [1.82, 2.24) is 0 Å². The third kappa shape index (κ3) is 4.67. The monoisotopic (exact) mass is 294 g/mol. The summed E-state index contributed by atoms with van der Waals surface area (Å²) >= 11 is 0. The highest BCUT2D eigenvalue weighted by Gasteiger charge is 2.31. The maximum atomic E-state index is 13.1. The number of Topliss-reactive ketones (excluding diaryl/α,β-unsaturated/α-hetero) is 2. The van der Waals surface area contributed by atoms with Gasteiger partial charge in [0.2, 0.25) is 5.78 Å². The fourth-order valence-corrected chi connectivity index (χ4v) is 1.24. The summed E-state index contributed by atoms with van der Waals surface area (Å²) in [4.78, 5) is 32.5. The van der Waals surface area contributed by atoms with Crippen LogP contribution in [0.25, 0.3) is 0 Å². The van der Waals surface area contributed by atoms with Crippen LogP contribution in [-0.4, -0.2) is 29.0 Å². The molecule has 0 radical (unpaired) electrons. The first-order valence-electron chi connectivity index (χ1n) is 4.94. The van der Waals surface area contributed by atoms with Gasteiger partial charge in [-0.25, -0.2) is 9.18 Å². The van der Waals surface area contributed by atoms with E-state index in [1.807, 2.05) is 0 Å². The predicted molar refractivity (Wildman–Crippen MR) is 54.7 cm³/mol. The van der Waals surface area contributed by atoms with E-state index in [2.05, 4.69) is 4.74 Å². The SMILES string of the molecule is O=C(O)C(=O)CC(=O)c1cc(F)cc(OC(F)(F)F)c1. The number of rotatable bonds is 5.